The molecular formula is C11H21N5O11P2. The third kappa shape index (κ3) is 8.38. The summed E-state index contributed by atoms with van der Waals surface area (Å²) in [5.74, 6) is -0.0767. The van der Waals surface area contributed by atoms with Gasteiger partial charge in [-0.3, -0.25) is 0 Å². The number of imidazole rings is 1. The number of phosphoric acid groups is 2. The Kier molecular flexibility index (Phi) is 8.76. The van der Waals surface area contributed by atoms with Crippen LogP contribution in [0.4, 0.5) is 5.82 Å². The summed E-state index contributed by atoms with van der Waals surface area (Å²) < 4.78 is 19.4. The summed E-state index contributed by atoms with van der Waals surface area (Å²) in [7, 11) is -9.28. The first-order valence-electron chi connectivity index (χ1n) is 7.60. The summed E-state index contributed by atoms with van der Waals surface area (Å²) in [6.07, 6.45) is 1.39. The van der Waals surface area contributed by atoms with Gasteiger partial charge in [-0.2, -0.15) is 0 Å². The number of rotatable bonds is 2. The molecule has 0 radical (unpaired) electrons. The average molecular weight is 461 g/mol. The minimum Gasteiger partial charge on any atom is -0.396 e. The van der Waals surface area contributed by atoms with E-state index >= 15 is 0 Å². The third-order valence-corrected chi connectivity index (χ3v) is 3.75. The Balaban J connectivity index is 0.000000353. The largest absolute Gasteiger partial charge is 0.466 e. The predicted molar refractivity (Wildman–Crippen MR) is 94.5 cm³/mol. The van der Waals surface area contributed by atoms with E-state index in [9.17, 15) is 15.3 Å². The summed E-state index contributed by atoms with van der Waals surface area (Å²) in [4.78, 5) is 55.2. The molecule has 16 nitrogen and oxygen atoms in total. The summed E-state index contributed by atoms with van der Waals surface area (Å²) in [6, 6.07) is -0.383. The SMILES string of the molecule is Nc1ncnc2c1ncn2[C@@H]1C[C@H](CO)[C@@H](O)[C@H]1O.O=P(O)(O)O.O=P(O)(O)O. The van der Waals surface area contributed by atoms with Crippen LogP contribution in [0.5, 0.6) is 0 Å². The first kappa shape index (κ1) is 25.5. The van der Waals surface area contributed by atoms with Gasteiger partial charge in [0.15, 0.2) is 11.5 Å². The van der Waals surface area contributed by atoms with E-state index < -0.39 is 27.9 Å². The van der Waals surface area contributed by atoms with Crippen LogP contribution in [0.2, 0.25) is 0 Å². The molecule has 2 heterocycles. The topological polar surface area (TPSA) is 286 Å². The average Bonchev–Trinajstić information content (AvgIpc) is 3.08. The lowest BCUT2D eigenvalue weighted by molar-refractivity contribution is -0.00370. The molecule has 0 unspecified atom stereocenters. The van der Waals surface area contributed by atoms with E-state index in [2.05, 4.69) is 15.0 Å². The lowest BCUT2D eigenvalue weighted by Gasteiger charge is -2.18. The lowest BCUT2D eigenvalue weighted by Crippen LogP contribution is -2.30. The van der Waals surface area contributed by atoms with Gasteiger partial charge in [-0.15, -0.1) is 0 Å². The van der Waals surface area contributed by atoms with Gasteiger partial charge in [-0.1, -0.05) is 0 Å². The number of nitrogen functional groups attached to an aromatic ring is 1. The second kappa shape index (κ2) is 9.97. The van der Waals surface area contributed by atoms with Crippen LogP contribution in [-0.2, 0) is 9.13 Å². The Labute approximate surface area is 162 Å². The molecule has 2 aromatic rings. The number of nitrogens with two attached hydrogens (primary N) is 1. The van der Waals surface area contributed by atoms with Gasteiger partial charge in [0, 0.05) is 12.5 Å². The van der Waals surface area contributed by atoms with Crippen molar-refractivity contribution in [3.63, 3.8) is 0 Å². The number of aliphatic hydroxyl groups is 3. The molecule has 0 saturated heterocycles. The van der Waals surface area contributed by atoms with Crippen molar-refractivity contribution >= 4 is 32.6 Å². The van der Waals surface area contributed by atoms with Crippen LogP contribution in [0.25, 0.3) is 11.2 Å². The summed E-state index contributed by atoms with van der Waals surface area (Å²) in [6.45, 7) is -0.168. The van der Waals surface area contributed by atoms with E-state index in [1.807, 2.05) is 0 Å². The Hall–Kier alpha value is -1.55. The number of anilines is 1. The number of aromatic nitrogens is 4. The number of aliphatic hydroxyl groups excluding tert-OH is 3. The highest BCUT2D eigenvalue weighted by molar-refractivity contribution is 7.45. The highest BCUT2D eigenvalue weighted by Crippen LogP contribution is 2.36. The molecule has 4 atom stereocenters. The first-order chi connectivity index (χ1) is 13.1. The molecule has 29 heavy (non-hydrogen) atoms. The number of hydrogen-bond acceptors (Lipinski definition) is 9. The van der Waals surface area contributed by atoms with E-state index in [0.717, 1.165) is 0 Å². The van der Waals surface area contributed by atoms with Gasteiger partial charge in [0.05, 0.1) is 18.5 Å². The molecule has 1 aliphatic carbocycles. The monoisotopic (exact) mass is 461 g/mol. The molecule has 1 fully saturated rings. The van der Waals surface area contributed by atoms with Crippen molar-refractivity contribution in [2.45, 2.75) is 24.7 Å². The molecule has 0 bridgehead atoms. The van der Waals surface area contributed by atoms with Crippen molar-refractivity contribution in [3.8, 4) is 0 Å². The highest BCUT2D eigenvalue weighted by Gasteiger charge is 2.42. The van der Waals surface area contributed by atoms with Gasteiger partial charge in [0.25, 0.3) is 0 Å². The normalized spacial score (nSPS) is 24.4. The third-order valence-electron chi connectivity index (χ3n) is 3.75. The van der Waals surface area contributed by atoms with Gasteiger partial charge in [-0.05, 0) is 6.42 Å². The quantitative estimate of drug-likeness (QED) is 0.197. The first-order valence-corrected chi connectivity index (χ1v) is 10.7. The molecule has 1 saturated carbocycles. The van der Waals surface area contributed by atoms with Crippen LogP contribution < -0.4 is 5.73 Å². The van der Waals surface area contributed by atoms with E-state index in [4.69, 9.17) is 44.2 Å². The maximum absolute atomic E-state index is 10.1. The zero-order valence-corrected chi connectivity index (χ0v) is 16.3. The molecule has 2 aromatic heterocycles. The van der Waals surface area contributed by atoms with Crippen LogP contribution >= 0.6 is 15.6 Å². The van der Waals surface area contributed by atoms with Gasteiger partial charge in [0.2, 0.25) is 0 Å². The lowest BCUT2D eigenvalue weighted by atomic mass is 10.1. The number of hydrogen-bond donors (Lipinski definition) is 10. The summed E-state index contributed by atoms with van der Waals surface area (Å²) in [5.41, 5.74) is 6.69. The van der Waals surface area contributed by atoms with E-state index in [1.165, 1.54) is 12.7 Å². The fourth-order valence-electron chi connectivity index (χ4n) is 2.67. The summed E-state index contributed by atoms with van der Waals surface area (Å²) >= 11 is 0. The Morgan fingerprint density at radius 2 is 1.52 bits per heavy atom. The van der Waals surface area contributed by atoms with Gasteiger partial charge in [0.1, 0.15) is 17.9 Å². The molecule has 166 valence electrons. The molecule has 18 heteroatoms. The maximum Gasteiger partial charge on any atom is 0.466 e. The molecule has 0 amide bonds. The fraction of sp³-hybridized carbons (Fsp3) is 0.545. The van der Waals surface area contributed by atoms with Crippen LogP contribution in [-0.4, -0.2) is 83.0 Å². The Morgan fingerprint density at radius 3 is 1.97 bits per heavy atom. The van der Waals surface area contributed by atoms with E-state index in [1.54, 1.807) is 4.57 Å². The van der Waals surface area contributed by atoms with Crippen LogP contribution in [0.1, 0.15) is 12.5 Å². The number of nitrogens with zero attached hydrogens (tertiary/aromatic N) is 4. The van der Waals surface area contributed by atoms with Crippen LogP contribution in [0.3, 0.4) is 0 Å². The molecule has 3 rings (SSSR count). The molecular weight excluding hydrogens is 440 g/mol. The predicted octanol–water partition coefficient (Wildman–Crippen LogP) is -3.17. The fourth-order valence-corrected chi connectivity index (χ4v) is 2.67. The van der Waals surface area contributed by atoms with Gasteiger partial charge >= 0.3 is 15.6 Å². The standard InChI is InChI=1S/C11H15N5O3.2H3O4P/c12-10-7-11(14-3-13-10)16(4-15-7)6-1-5(2-17)8(18)9(6)19;2*1-5(2,3)4/h3-6,8-9,17-19H,1-2H2,(H2,12,13,14);2*(H3,1,2,3,4)/t5-,6-,8-,9+;;/m1../s1. The van der Waals surface area contributed by atoms with Crippen molar-refractivity contribution in [2.24, 2.45) is 5.92 Å². The summed E-state index contributed by atoms with van der Waals surface area (Å²) in [5, 5.41) is 29.1. The minimum atomic E-state index is -4.64. The van der Waals surface area contributed by atoms with Crippen LogP contribution in [0.15, 0.2) is 12.7 Å². The molecule has 0 aliphatic heterocycles. The van der Waals surface area contributed by atoms with E-state index in [-0.39, 0.29) is 24.4 Å². The second-order valence-corrected chi connectivity index (χ2v) is 7.89. The highest BCUT2D eigenvalue weighted by atomic mass is 31.2. The van der Waals surface area contributed by atoms with Crippen LogP contribution in [0, 0.1) is 5.92 Å². The Morgan fingerprint density at radius 1 is 1.00 bits per heavy atom. The smallest absolute Gasteiger partial charge is 0.396 e. The molecule has 0 aromatic carbocycles. The maximum atomic E-state index is 10.1. The van der Waals surface area contributed by atoms with Gasteiger partial charge in [-0.25, -0.2) is 24.1 Å². The number of fused-ring (bicyclic) bond motifs is 1. The van der Waals surface area contributed by atoms with Crippen molar-refractivity contribution in [1.29, 1.82) is 0 Å². The van der Waals surface area contributed by atoms with Gasteiger partial charge < -0.3 is 55.0 Å². The Bertz CT molecular complexity index is 862. The van der Waals surface area contributed by atoms with Crippen molar-refractivity contribution in [1.82, 2.24) is 19.5 Å². The zero-order chi connectivity index (χ0) is 22.6. The second-order valence-electron chi connectivity index (χ2n) is 5.84. The molecule has 0 spiro atoms. The molecule has 11 N–H and O–H groups in total. The van der Waals surface area contributed by atoms with Crippen molar-refractivity contribution < 1.29 is 53.8 Å². The van der Waals surface area contributed by atoms with E-state index in [0.29, 0.717) is 17.6 Å². The van der Waals surface area contributed by atoms with Crippen molar-refractivity contribution in [2.75, 3.05) is 12.3 Å². The molecule has 1 aliphatic rings. The zero-order valence-electron chi connectivity index (χ0n) is 14.5. The van der Waals surface area contributed by atoms with Crippen molar-refractivity contribution in [3.05, 3.63) is 12.7 Å². The minimum absolute atomic E-state index is 0.168.